The van der Waals surface area contributed by atoms with Gasteiger partial charge in [0.2, 0.25) is 11.8 Å². The van der Waals surface area contributed by atoms with Crippen molar-refractivity contribution < 1.29 is 9.21 Å². The summed E-state index contributed by atoms with van der Waals surface area (Å²) in [6.07, 6.45) is 3.27. The monoisotopic (exact) mass is 331 g/mol. The number of thioether (sulfide) groups is 1. The van der Waals surface area contributed by atoms with Crippen molar-refractivity contribution in [1.29, 1.82) is 5.26 Å². The van der Waals surface area contributed by atoms with Gasteiger partial charge in [0, 0.05) is 12.4 Å². The maximum Gasteiger partial charge on any atom is 0.277 e. The standard InChI is InChI=1S/C15H17N5O2S/c1-10(2)15(3,9-16)18-12(21)8-23-14-20-19-13(22-14)11-5-4-6-17-7-11/h4-7,10H,8H2,1-3H3,(H,18,21)/t15-/m1/s1. The fourth-order valence-electron chi connectivity index (χ4n) is 1.63. The smallest absolute Gasteiger partial charge is 0.277 e. The lowest BCUT2D eigenvalue weighted by Crippen LogP contribution is -2.49. The summed E-state index contributed by atoms with van der Waals surface area (Å²) in [4.78, 5) is 16.0. The Labute approximate surface area is 138 Å². The van der Waals surface area contributed by atoms with E-state index >= 15 is 0 Å². The van der Waals surface area contributed by atoms with Crippen LogP contribution in [0.25, 0.3) is 11.5 Å². The van der Waals surface area contributed by atoms with Crippen LogP contribution in [0, 0.1) is 17.2 Å². The molecule has 0 aliphatic carbocycles. The summed E-state index contributed by atoms with van der Waals surface area (Å²) in [7, 11) is 0. The highest BCUT2D eigenvalue weighted by Crippen LogP contribution is 2.22. The van der Waals surface area contributed by atoms with Crippen molar-refractivity contribution >= 4 is 17.7 Å². The first-order valence-corrected chi connectivity index (χ1v) is 8.02. The SMILES string of the molecule is CC(C)[C@@](C)(C#N)NC(=O)CSc1nnc(-c2cccnc2)o1. The van der Waals surface area contributed by atoms with Gasteiger partial charge in [0.25, 0.3) is 5.22 Å². The van der Waals surface area contributed by atoms with Crippen LogP contribution >= 0.6 is 11.8 Å². The van der Waals surface area contributed by atoms with E-state index in [4.69, 9.17) is 4.42 Å². The summed E-state index contributed by atoms with van der Waals surface area (Å²) in [5.74, 6) is 0.194. The van der Waals surface area contributed by atoms with Crippen molar-refractivity contribution in [2.45, 2.75) is 31.5 Å². The minimum atomic E-state index is -0.895. The minimum absolute atomic E-state index is 0.00189. The lowest BCUT2D eigenvalue weighted by molar-refractivity contribution is -0.120. The van der Waals surface area contributed by atoms with Gasteiger partial charge >= 0.3 is 0 Å². The molecule has 7 nitrogen and oxygen atoms in total. The average molecular weight is 331 g/mol. The van der Waals surface area contributed by atoms with Crippen LogP contribution in [0.2, 0.25) is 0 Å². The molecule has 0 aliphatic heterocycles. The summed E-state index contributed by atoms with van der Waals surface area (Å²) < 4.78 is 5.48. The minimum Gasteiger partial charge on any atom is -0.411 e. The van der Waals surface area contributed by atoms with Gasteiger partial charge in [-0.1, -0.05) is 25.6 Å². The van der Waals surface area contributed by atoms with Crippen molar-refractivity contribution in [1.82, 2.24) is 20.5 Å². The second-order valence-corrected chi connectivity index (χ2v) is 6.35. The van der Waals surface area contributed by atoms with Crippen LogP contribution in [-0.4, -0.2) is 32.4 Å². The third-order valence-corrected chi connectivity index (χ3v) is 4.25. The number of nitriles is 1. The molecule has 0 saturated carbocycles. The number of pyridine rings is 1. The summed E-state index contributed by atoms with van der Waals surface area (Å²) in [6.45, 7) is 5.47. The Bertz CT molecular complexity index is 710. The fourth-order valence-corrected chi connectivity index (χ4v) is 2.19. The van der Waals surface area contributed by atoms with Crippen molar-refractivity contribution in [2.75, 3.05) is 5.75 Å². The normalized spacial score (nSPS) is 13.3. The summed E-state index contributed by atoms with van der Waals surface area (Å²) in [6, 6.07) is 5.71. The lowest BCUT2D eigenvalue weighted by Gasteiger charge is -2.27. The number of amides is 1. The van der Waals surface area contributed by atoms with E-state index < -0.39 is 5.54 Å². The van der Waals surface area contributed by atoms with Crippen LogP contribution < -0.4 is 5.32 Å². The van der Waals surface area contributed by atoms with E-state index in [2.05, 4.69) is 26.6 Å². The molecule has 0 bridgehead atoms. The predicted molar refractivity (Wildman–Crippen MR) is 85.3 cm³/mol. The van der Waals surface area contributed by atoms with Gasteiger partial charge in [-0.2, -0.15) is 5.26 Å². The Hall–Kier alpha value is -2.40. The Balaban J connectivity index is 1.93. The zero-order valence-electron chi connectivity index (χ0n) is 13.1. The van der Waals surface area contributed by atoms with Crippen LogP contribution in [0.3, 0.4) is 0 Å². The fraction of sp³-hybridized carbons (Fsp3) is 0.400. The molecule has 2 aromatic heterocycles. The molecule has 23 heavy (non-hydrogen) atoms. The maximum absolute atomic E-state index is 12.0. The van der Waals surface area contributed by atoms with Gasteiger partial charge in [0.05, 0.1) is 17.4 Å². The average Bonchev–Trinajstić information content (AvgIpc) is 3.02. The molecule has 0 spiro atoms. The summed E-state index contributed by atoms with van der Waals surface area (Å²) in [5.41, 5.74) is -0.180. The number of hydrogen-bond donors (Lipinski definition) is 1. The van der Waals surface area contributed by atoms with E-state index in [1.165, 1.54) is 0 Å². The molecule has 8 heteroatoms. The first-order valence-electron chi connectivity index (χ1n) is 7.03. The molecule has 1 amide bonds. The number of carbonyl (C=O) groups excluding carboxylic acids is 1. The molecule has 0 unspecified atom stereocenters. The Morgan fingerprint density at radius 1 is 1.52 bits per heavy atom. The number of aromatic nitrogens is 3. The molecule has 0 aliphatic rings. The highest BCUT2D eigenvalue weighted by Gasteiger charge is 2.30. The first kappa shape index (κ1) is 17.0. The van der Waals surface area contributed by atoms with E-state index in [0.29, 0.717) is 16.7 Å². The first-order chi connectivity index (χ1) is 10.9. The molecule has 1 N–H and O–H groups in total. The van der Waals surface area contributed by atoms with Crippen LogP contribution in [-0.2, 0) is 4.79 Å². The van der Waals surface area contributed by atoms with Gasteiger partial charge < -0.3 is 9.73 Å². The lowest BCUT2D eigenvalue weighted by atomic mass is 9.90. The molecule has 0 radical (unpaired) electrons. The van der Waals surface area contributed by atoms with E-state index in [9.17, 15) is 10.1 Å². The predicted octanol–water partition coefficient (Wildman–Crippen LogP) is 2.28. The molecular formula is C15H17N5O2S. The second kappa shape index (κ2) is 7.24. The molecule has 0 fully saturated rings. The maximum atomic E-state index is 12.0. The van der Waals surface area contributed by atoms with E-state index in [-0.39, 0.29) is 17.6 Å². The molecule has 2 heterocycles. The zero-order valence-corrected chi connectivity index (χ0v) is 13.9. The van der Waals surface area contributed by atoms with Crippen LogP contribution in [0.5, 0.6) is 0 Å². The highest BCUT2D eigenvalue weighted by atomic mass is 32.2. The number of rotatable bonds is 6. The van der Waals surface area contributed by atoms with Crippen molar-refractivity contribution in [3.8, 4) is 17.5 Å². The molecule has 2 aromatic rings. The molecule has 0 saturated heterocycles. The topological polar surface area (TPSA) is 105 Å². The van der Waals surface area contributed by atoms with Gasteiger partial charge in [0.15, 0.2) is 0 Å². The molecule has 2 rings (SSSR count). The van der Waals surface area contributed by atoms with Crippen molar-refractivity contribution in [3.05, 3.63) is 24.5 Å². The quantitative estimate of drug-likeness (QED) is 0.809. The summed E-state index contributed by atoms with van der Waals surface area (Å²) in [5, 5.41) is 20.0. The van der Waals surface area contributed by atoms with Crippen molar-refractivity contribution in [3.63, 3.8) is 0 Å². The van der Waals surface area contributed by atoms with Gasteiger partial charge in [0.1, 0.15) is 5.54 Å². The third kappa shape index (κ3) is 4.29. The molecular weight excluding hydrogens is 314 g/mol. The van der Waals surface area contributed by atoms with Gasteiger partial charge in [-0.3, -0.25) is 9.78 Å². The highest BCUT2D eigenvalue weighted by molar-refractivity contribution is 7.99. The largest absolute Gasteiger partial charge is 0.411 e. The van der Waals surface area contributed by atoms with Gasteiger partial charge in [-0.15, -0.1) is 10.2 Å². The second-order valence-electron chi connectivity index (χ2n) is 5.42. The van der Waals surface area contributed by atoms with E-state index in [0.717, 1.165) is 11.8 Å². The Kier molecular flexibility index (Phi) is 5.34. The van der Waals surface area contributed by atoms with Crippen LogP contribution in [0.1, 0.15) is 20.8 Å². The van der Waals surface area contributed by atoms with Gasteiger partial charge in [-0.05, 0) is 25.0 Å². The Morgan fingerprint density at radius 2 is 2.30 bits per heavy atom. The molecule has 1 atom stereocenters. The third-order valence-electron chi connectivity index (χ3n) is 3.43. The zero-order chi connectivity index (χ0) is 16.9. The molecule has 120 valence electrons. The van der Waals surface area contributed by atoms with Crippen molar-refractivity contribution in [2.24, 2.45) is 5.92 Å². The summed E-state index contributed by atoms with van der Waals surface area (Å²) >= 11 is 1.12. The number of nitrogens with one attached hydrogen (secondary N) is 1. The molecule has 0 aromatic carbocycles. The number of nitrogens with zero attached hydrogens (tertiary/aromatic N) is 4. The van der Waals surface area contributed by atoms with E-state index in [1.807, 2.05) is 19.9 Å². The van der Waals surface area contributed by atoms with Crippen LogP contribution in [0.4, 0.5) is 0 Å². The van der Waals surface area contributed by atoms with Crippen LogP contribution in [0.15, 0.2) is 34.2 Å². The van der Waals surface area contributed by atoms with Gasteiger partial charge in [-0.25, -0.2) is 0 Å². The number of hydrogen-bond acceptors (Lipinski definition) is 7. The van der Waals surface area contributed by atoms with E-state index in [1.54, 1.807) is 25.4 Å². The number of carbonyl (C=O) groups is 1. The Morgan fingerprint density at radius 3 is 2.91 bits per heavy atom.